The Morgan fingerprint density at radius 1 is 1.10 bits per heavy atom. The Hall–Kier alpha value is -0.610. The lowest BCUT2D eigenvalue weighted by Crippen LogP contribution is -2.53. The van der Waals surface area contributed by atoms with Gasteiger partial charge in [-0.1, -0.05) is 32.6 Å². The van der Waals surface area contributed by atoms with Gasteiger partial charge in [0, 0.05) is 38.8 Å². The zero-order valence-electron chi connectivity index (χ0n) is 13.8. The van der Waals surface area contributed by atoms with Gasteiger partial charge in [-0.25, -0.2) is 0 Å². The second kappa shape index (κ2) is 7.59. The van der Waals surface area contributed by atoms with Crippen molar-refractivity contribution < 1.29 is 9.90 Å². The molecular formula is C17H32N2O2. The number of hydrogen-bond donors (Lipinski definition) is 1. The molecule has 0 spiro atoms. The Morgan fingerprint density at radius 2 is 1.67 bits per heavy atom. The monoisotopic (exact) mass is 296 g/mol. The number of piperazine rings is 1. The summed E-state index contributed by atoms with van der Waals surface area (Å²) in [5.41, 5.74) is -0.477. The normalized spacial score (nSPS) is 26.2. The fourth-order valence-electron chi connectivity index (χ4n) is 3.89. The van der Waals surface area contributed by atoms with Crippen molar-refractivity contribution in [2.24, 2.45) is 5.41 Å². The second-order valence-electron chi connectivity index (χ2n) is 7.07. The molecule has 0 bridgehead atoms. The molecule has 4 heteroatoms. The van der Waals surface area contributed by atoms with E-state index in [1.807, 2.05) is 0 Å². The number of aliphatic carboxylic acids is 1. The summed E-state index contributed by atoms with van der Waals surface area (Å²) in [4.78, 5) is 16.8. The Labute approximate surface area is 129 Å². The zero-order valence-corrected chi connectivity index (χ0v) is 13.8. The maximum absolute atomic E-state index is 11.9. The molecule has 2 aliphatic rings. The van der Waals surface area contributed by atoms with Crippen LogP contribution in [0.5, 0.6) is 0 Å². The molecule has 1 aliphatic heterocycles. The van der Waals surface area contributed by atoms with Gasteiger partial charge in [0.15, 0.2) is 0 Å². The van der Waals surface area contributed by atoms with Crippen LogP contribution in [-0.2, 0) is 4.79 Å². The van der Waals surface area contributed by atoms with Crippen molar-refractivity contribution in [3.05, 3.63) is 0 Å². The van der Waals surface area contributed by atoms with Crippen LogP contribution in [0, 0.1) is 5.41 Å². The Balaban J connectivity index is 1.91. The third kappa shape index (κ3) is 4.19. The van der Waals surface area contributed by atoms with Crippen LogP contribution < -0.4 is 0 Å². The number of carboxylic acid groups (broad SMARTS) is 1. The minimum absolute atomic E-state index is 0.477. The second-order valence-corrected chi connectivity index (χ2v) is 7.07. The first-order chi connectivity index (χ1) is 10.1. The van der Waals surface area contributed by atoms with Gasteiger partial charge in [-0.3, -0.25) is 14.6 Å². The predicted octanol–water partition coefficient (Wildman–Crippen LogP) is 2.83. The molecule has 1 atom stereocenters. The van der Waals surface area contributed by atoms with Gasteiger partial charge in [-0.05, 0) is 26.2 Å². The minimum atomic E-state index is -0.561. The number of hydrogen-bond acceptors (Lipinski definition) is 3. The number of carbonyl (C=O) groups is 1. The molecule has 0 amide bonds. The molecule has 4 nitrogen and oxygen atoms in total. The highest BCUT2D eigenvalue weighted by Gasteiger charge is 2.40. The van der Waals surface area contributed by atoms with E-state index in [0.29, 0.717) is 6.04 Å². The van der Waals surface area contributed by atoms with E-state index in [9.17, 15) is 9.90 Å². The van der Waals surface area contributed by atoms with Gasteiger partial charge >= 0.3 is 5.97 Å². The molecule has 1 N–H and O–H groups in total. The topological polar surface area (TPSA) is 43.8 Å². The third-order valence-electron chi connectivity index (χ3n) is 5.66. The molecule has 0 radical (unpaired) electrons. The predicted molar refractivity (Wildman–Crippen MR) is 85.5 cm³/mol. The van der Waals surface area contributed by atoms with Gasteiger partial charge in [0.05, 0.1) is 5.41 Å². The lowest BCUT2D eigenvalue weighted by atomic mass is 9.79. The smallest absolute Gasteiger partial charge is 0.310 e. The van der Waals surface area contributed by atoms with Crippen LogP contribution in [0.2, 0.25) is 0 Å². The number of carboxylic acids is 1. The number of rotatable bonds is 5. The summed E-state index contributed by atoms with van der Waals surface area (Å²) in [6.45, 7) is 9.52. The molecule has 0 aromatic carbocycles. The third-order valence-corrected chi connectivity index (χ3v) is 5.66. The number of nitrogens with zero attached hydrogens (tertiary/aromatic N) is 2. The first-order valence-corrected chi connectivity index (χ1v) is 8.77. The molecule has 21 heavy (non-hydrogen) atoms. The summed E-state index contributed by atoms with van der Waals surface area (Å²) >= 11 is 0. The summed E-state index contributed by atoms with van der Waals surface area (Å²) < 4.78 is 0. The van der Waals surface area contributed by atoms with Crippen LogP contribution in [0.15, 0.2) is 0 Å². The summed E-state index contributed by atoms with van der Waals surface area (Å²) in [5.74, 6) is -0.561. The van der Waals surface area contributed by atoms with Crippen molar-refractivity contribution in [2.75, 3.05) is 32.7 Å². The van der Waals surface area contributed by atoms with Gasteiger partial charge in [0.2, 0.25) is 0 Å². The van der Waals surface area contributed by atoms with Crippen LogP contribution in [0.1, 0.15) is 58.8 Å². The SMILES string of the molecule is CCC(C)N1CCN(CC2(C(=O)O)CCCCCC2)CC1. The molecule has 1 heterocycles. The van der Waals surface area contributed by atoms with Crippen molar-refractivity contribution >= 4 is 5.97 Å². The van der Waals surface area contributed by atoms with Gasteiger partial charge < -0.3 is 5.11 Å². The van der Waals surface area contributed by atoms with Gasteiger partial charge in [-0.2, -0.15) is 0 Å². The van der Waals surface area contributed by atoms with Crippen LogP contribution in [0.3, 0.4) is 0 Å². The standard InChI is InChI=1S/C17H32N2O2/c1-3-15(2)19-12-10-18(11-13-19)14-17(16(20)21)8-6-4-5-7-9-17/h15H,3-14H2,1-2H3,(H,20,21). The lowest BCUT2D eigenvalue weighted by Gasteiger charge is -2.41. The van der Waals surface area contributed by atoms with E-state index in [1.165, 1.54) is 19.3 Å². The Kier molecular flexibility index (Phi) is 6.06. The van der Waals surface area contributed by atoms with Crippen molar-refractivity contribution in [1.82, 2.24) is 9.80 Å². The average molecular weight is 296 g/mol. The van der Waals surface area contributed by atoms with E-state index < -0.39 is 11.4 Å². The molecule has 0 aromatic heterocycles. The summed E-state index contributed by atoms with van der Waals surface area (Å²) in [5, 5.41) is 9.79. The Morgan fingerprint density at radius 3 is 2.14 bits per heavy atom. The molecule has 1 unspecified atom stereocenters. The molecule has 2 rings (SSSR count). The van der Waals surface area contributed by atoms with Crippen molar-refractivity contribution in [3.63, 3.8) is 0 Å². The molecule has 1 aliphatic carbocycles. The molecule has 0 aromatic rings. The summed E-state index contributed by atoms with van der Waals surface area (Å²) in [6.07, 6.45) is 7.51. The molecule has 1 saturated heterocycles. The summed E-state index contributed by atoms with van der Waals surface area (Å²) in [7, 11) is 0. The minimum Gasteiger partial charge on any atom is -0.481 e. The molecule has 2 fully saturated rings. The van der Waals surface area contributed by atoms with Crippen molar-refractivity contribution in [1.29, 1.82) is 0 Å². The van der Waals surface area contributed by atoms with E-state index in [-0.39, 0.29) is 0 Å². The van der Waals surface area contributed by atoms with Crippen LogP contribution in [-0.4, -0.2) is 59.6 Å². The lowest BCUT2D eigenvalue weighted by molar-refractivity contribution is -0.151. The maximum atomic E-state index is 11.9. The van der Waals surface area contributed by atoms with Crippen LogP contribution in [0.25, 0.3) is 0 Å². The van der Waals surface area contributed by atoms with Gasteiger partial charge in [-0.15, -0.1) is 0 Å². The van der Waals surface area contributed by atoms with Crippen LogP contribution >= 0.6 is 0 Å². The highest BCUT2D eigenvalue weighted by Crippen LogP contribution is 2.36. The maximum Gasteiger partial charge on any atom is 0.310 e. The van der Waals surface area contributed by atoms with E-state index in [2.05, 4.69) is 23.6 Å². The Bertz CT molecular complexity index is 330. The molecular weight excluding hydrogens is 264 g/mol. The summed E-state index contributed by atoms with van der Waals surface area (Å²) in [6, 6.07) is 0.651. The van der Waals surface area contributed by atoms with Gasteiger partial charge in [0.25, 0.3) is 0 Å². The first-order valence-electron chi connectivity index (χ1n) is 8.77. The van der Waals surface area contributed by atoms with Gasteiger partial charge in [0.1, 0.15) is 0 Å². The van der Waals surface area contributed by atoms with Crippen molar-refractivity contribution in [3.8, 4) is 0 Å². The van der Waals surface area contributed by atoms with Crippen LogP contribution in [0.4, 0.5) is 0 Å². The average Bonchev–Trinajstić information content (AvgIpc) is 2.74. The highest BCUT2D eigenvalue weighted by atomic mass is 16.4. The molecule has 122 valence electrons. The molecule has 1 saturated carbocycles. The van der Waals surface area contributed by atoms with Crippen molar-refractivity contribution in [2.45, 2.75) is 64.8 Å². The van der Waals surface area contributed by atoms with E-state index in [4.69, 9.17) is 0 Å². The zero-order chi connectivity index (χ0) is 15.3. The van der Waals surface area contributed by atoms with E-state index >= 15 is 0 Å². The van der Waals surface area contributed by atoms with E-state index in [1.54, 1.807) is 0 Å². The quantitative estimate of drug-likeness (QED) is 0.792. The fourth-order valence-corrected chi connectivity index (χ4v) is 3.89. The first kappa shape index (κ1) is 16.8. The fraction of sp³-hybridized carbons (Fsp3) is 0.941. The van der Waals surface area contributed by atoms with E-state index in [0.717, 1.165) is 58.4 Å². The highest BCUT2D eigenvalue weighted by molar-refractivity contribution is 5.75. The largest absolute Gasteiger partial charge is 0.481 e.